The van der Waals surface area contributed by atoms with Crippen molar-refractivity contribution < 1.29 is 24.0 Å². The number of carbonyl (C=O) groups is 2. The molecule has 1 aliphatic heterocycles. The number of nitro benzene ring substituents is 1. The maximum Gasteiger partial charge on any atom is 0.339 e. The van der Waals surface area contributed by atoms with Gasteiger partial charge in [-0.25, -0.2) is 9.59 Å². The van der Waals surface area contributed by atoms with Gasteiger partial charge in [0.05, 0.1) is 29.3 Å². The molecule has 0 bridgehead atoms. The Morgan fingerprint density at radius 1 is 0.656 bits per heavy atom. The van der Waals surface area contributed by atoms with Crippen molar-refractivity contribution in [3.63, 3.8) is 0 Å². The summed E-state index contributed by atoms with van der Waals surface area (Å²) < 4.78 is 10.6. The summed E-state index contributed by atoms with van der Waals surface area (Å²) in [6.07, 6.45) is 18.3. The number of hydrogen-bond acceptors (Lipinski definition) is 6. The molecule has 1 aromatic carbocycles. The summed E-state index contributed by atoms with van der Waals surface area (Å²) >= 11 is 0. The number of carbonyl (C=O) groups excluding carboxylic acids is 2. The molecule has 176 valence electrons. The minimum atomic E-state index is -0.731. The molecule has 0 fully saturated rings. The van der Waals surface area contributed by atoms with E-state index in [0.717, 1.165) is 57.4 Å². The van der Waals surface area contributed by atoms with Crippen LogP contribution in [0, 0.1) is 10.1 Å². The Balaban J connectivity index is 2.00. The number of nitrogens with zero attached hydrogens (tertiary/aromatic N) is 1. The summed E-state index contributed by atoms with van der Waals surface area (Å²) in [7, 11) is 0. The lowest BCUT2D eigenvalue weighted by molar-refractivity contribution is -0.384. The van der Waals surface area contributed by atoms with Gasteiger partial charge in [0, 0.05) is 12.1 Å². The molecule has 1 heterocycles. The highest BCUT2D eigenvalue weighted by atomic mass is 16.6. The van der Waals surface area contributed by atoms with E-state index in [4.69, 9.17) is 9.47 Å². The Morgan fingerprint density at radius 3 is 1.69 bits per heavy atom. The van der Waals surface area contributed by atoms with Crippen LogP contribution in [0.25, 0.3) is 0 Å². The molecule has 7 nitrogen and oxygen atoms in total. The van der Waals surface area contributed by atoms with E-state index in [1.54, 1.807) is 0 Å². The van der Waals surface area contributed by atoms with Crippen molar-refractivity contribution in [3.8, 4) is 0 Å². The summed E-state index contributed by atoms with van der Waals surface area (Å²) in [5, 5.41) is 11.1. The first-order chi connectivity index (χ1) is 15.6. The van der Waals surface area contributed by atoms with Gasteiger partial charge in [-0.1, -0.05) is 50.7 Å². The van der Waals surface area contributed by atoms with Crippen molar-refractivity contribution in [1.29, 1.82) is 0 Å². The minimum absolute atomic E-state index is 0.00178. The van der Waals surface area contributed by atoms with Crippen LogP contribution in [0.4, 0.5) is 5.69 Å². The highest BCUT2D eigenvalue weighted by Gasteiger charge is 2.23. The summed E-state index contributed by atoms with van der Waals surface area (Å²) in [6, 6.07) is 3.56. The lowest BCUT2D eigenvalue weighted by Crippen LogP contribution is -2.15. The monoisotopic (exact) mass is 445 g/mol. The molecule has 0 aliphatic carbocycles. The second-order valence-electron chi connectivity index (χ2n) is 8.20. The number of rotatable bonds is 1. The van der Waals surface area contributed by atoms with Gasteiger partial charge in [0.25, 0.3) is 5.69 Å². The van der Waals surface area contributed by atoms with E-state index in [9.17, 15) is 19.7 Å². The molecule has 0 spiro atoms. The number of hydrogen-bond donors (Lipinski definition) is 0. The highest BCUT2D eigenvalue weighted by molar-refractivity contribution is 6.03. The number of non-ortho nitro benzene ring substituents is 1. The fraction of sp³-hybridized carbons (Fsp3) is 0.600. The average molecular weight is 446 g/mol. The van der Waals surface area contributed by atoms with Crippen molar-refractivity contribution in [1.82, 2.24) is 0 Å². The smallest absolute Gasteiger partial charge is 0.339 e. The highest BCUT2D eigenvalue weighted by Crippen LogP contribution is 2.20. The SMILES string of the molecule is O=C1OCCCCCC=CCCCCCCCCCCOC(=O)c2cc([N+](=O)[O-])ccc21. The predicted molar refractivity (Wildman–Crippen MR) is 123 cm³/mol. The van der Waals surface area contributed by atoms with Crippen LogP contribution < -0.4 is 0 Å². The molecule has 7 heteroatoms. The Labute approximate surface area is 190 Å². The Bertz CT molecular complexity index is 774. The number of benzene rings is 1. The molecule has 32 heavy (non-hydrogen) atoms. The number of cyclic esters (lactones) is 2. The van der Waals surface area contributed by atoms with Crippen LogP contribution in [0.3, 0.4) is 0 Å². The molecule has 0 amide bonds. The van der Waals surface area contributed by atoms with Gasteiger partial charge in [0.2, 0.25) is 0 Å². The fourth-order valence-electron chi connectivity index (χ4n) is 3.68. The maximum atomic E-state index is 12.5. The lowest BCUT2D eigenvalue weighted by atomic mass is 10.1. The largest absolute Gasteiger partial charge is 0.462 e. The third-order valence-corrected chi connectivity index (χ3v) is 5.57. The lowest BCUT2D eigenvalue weighted by Gasteiger charge is -2.10. The van der Waals surface area contributed by atoms with Crippen LogP contribution >= 0.6 is 0 Å². The van der Waals surface area contributed by atoms with Gasteiger partial charge in [-0.05, 0) is 51.0 Å². The van der Waals surface area contributed by atoms with E-state index >= 15 is 0 Å². The summed E-state index contributed by atoms with van der Waals surface area (Å²) in [6.45, 7) is 0.469. The van der Waals surface area contributed by atoms with Crippen molar-refractivity contribution in [3.05, 3.63) is 51.6 Å². The van der Waals surface area contributed by atoms with Crippen LogP contribution in [0.2, 0.25) is 0 Å². The molecule has 0 aromatic heterocycles. The van der Waals surface area contributed by atoms with Crippen molar-refractivity contribution >= 4 is 17.6 Å². The molecule has 0 unspecified atom stereocenters. The van der Waals surface area contributed by atoms with E-state index in [2.05, 4.69) is 12.2 Å². The molecule has 1 aliphatic rings. The molecule has 0 saturated heterocycles. The van der Waals surface area contributed by atoms with Gasteiger partial charge < -0.3 is 9.47 Å². The Morgan fingerprint density at radius 2 is 1.12 bits per heavy atom. The average Bonchev–Trinajstić information content (AvgIpc) is 2.79. The van der Waals surface area contributed by atoms with Gasteiger partial charge in [0.1, 0.15) is 0 Å². The molecular formula is C25H35NO6. The standard InChI is InChI=1S/C25H35NO6/c27-24-22-17-16-21(26(29)30)20-23(22)25(28)32-19-15-13-11-9-7-5-3-1-2-4-6-8-10-12-14-18-31-24/h4,6,16-17,20H,1-3,5,7-15,18-19H2. The zero-order valence-corrected chi connectivity index (χ0v) is 18.9. The number of ether oxygens (including phenoxy) is 2. The van der Waals surface area contributed by atoms with E-state index < -0.39 is 16.9 Å². The number of esters is 2. The molecule has 1 aromatic rings. The van der Waals surface area contributed by atoms with Gasteiger partial charge in [-0.2, -0.15) is 0 Å². The van der Waals surface area contributed by atoms with E-state index in [0.29, 0.717) is 0 Å². The first kappa shape index (κ1) is 25.6. The number of allylic oxidation sites excluding steroid dienone is 2. The van der Waals surface area contributed by atoms with Crippen LogP contribution in [-0.4, -0.2) is 30.1 Å². The predicted octanol–water partition coefficient (Wildman–Crippen LogP) is 6.55. The van der Waals surface area contributed by atoms with Gasteiger partial charge >= 0.3 is 11.9 Å². The topological polar surface area (TPSA) is 95.7 Å². The van der Waals surface area contributed by atoms with E-state index in [1.807, 2.05) is 0 Å². The molecule has 0 atom stereocenters. The van der Waals surface area contributed by atoms with E-state index in [-0.39, 0.29) is 30.0 Å². The van der Waals surface area contributed by atoms with Gasteiger partial charge in [-0.15, -0.1) is 0 Å². The van der Waals surface area contributed by atoms with E-state index in [1.165, 1.54) is 44.2 Å². The van der Waals surface area contributed by atoms with Gasteiger partial charge in [-0.3, -0.25) is 10.1 Å². The van der Waals surface area contributed by atoms with Crippen molar-refractivity contribution in [2.24, 2.45) is 0 Å². The first-order valence-electron chi connectivity index (χ1n) is 11.9. The molecule has 0 radical (unpaired) electrons. The zero-order chi connectivity index (χ0) is 23.0. The molecule has 0 N–H and O–H groups in total. The van der Waals surface area contributed by atoms with Crippen LogP contribution in [-0.2, 0) is 9.47 Å². The maximum absolute atomic E-state index is 12.5. The van der Waals surface area contributed by atoms with Crippen molar-refractivity contribution in [2.75, 3.05) is 13.2 Å². The number of fused-ring (bicyclic) bond motifs is 1. The van der Waals surface area contributed by atoms with Crippen LogP contribution in [0.1, 0.15) is 104 Å². The third-order valence-electron chi connectivity index (χ3n) is 5.57. The normalized spacial score (nSPS) is 18.8. The molecule has 2 rings (SSSR count). The first-order valence-corrected chi connectivity index (χ1v) is 11.9. The van der Waals surface area contributed by atoms with Crippen molar-refractivity contribution in [2.45, 2.75) is 83.5 Å². The molecular weight excluding hydrogens is 410 g/mol. The minimum Gasteiger partial charge on any atom is -0.462 e. The van der Waals surface area contributed by atoms with Crippen LogP contribution in [0.15, 0.2) is 30.4 Å². The zero-order valence-electron chi connectivity index (χ0n) is 18.9. The number of nitro groups is 1. The summed E-state index contributed by atoms with van der Waals surface area (Å²) in [4.78, 5) is 35.6. The van der Waals surface area contributed by atoms with Gasteiger partial charge in [0.15, 0.2) is 0 Å². The quantitative estimate of drug-likeness (QED) is 0.210. The summed E-state index contributed by atoms with van der Waals surface area (Å²) in [5.74, 6) is -1.39. The molecule has 0 saturated carbocycles. The third kappa shape index (κ3) is 9.62. The fourth-order valence-corrected chi connectivity index (χ4v) is 3.68. The van der Waals surface area contributed by atoms with Crippen LogP contribution in [0.5, 0.6) is 0 Å². The second-order valence-corrected chi connectivity index (χ2v) is 8.20. The summed E-state index contributed by atoms with van der Waals surface area (Å²) in [5.41, 5.74) is -0.381. The Hall–Kier alpha value is -2.70. The second kappa shape index (κ2) is 15.2. The Kier molecular flexibility index (Phi) is 12.1.